The van der Waals surface area contributed by atoms with Gasteiger partial charge in [-0.15, -0.1) is 0 Å². The third kappa shape index (κ3) is 5.59. The van der Waals surface area contributed by atoms with E-state index in [-0.39, 0.29) is 48.8 Å². The van der Waals surface area contributed by atoms with Crippen molar-refractivity contribution in [3.63, 3.8) is 0 Å². The van der Waals surface area contributed by atoms with E-state index in [1.807, 2.05) is 32.9 Å². The smallest absolute Gasteiger partial charge is 0.251 e. The van der Waals surface area contributed by atoms with Gasteiger partial charge in [-0.3, -0.25) is 9.59 Å². The van der Waals surface area contributed by atoms with Crippen molar-refractivity contribution in [2.45, 2.75) is 31.7 Å². The maximum absolute atomic E-state index is 13.2. The summed E-state index contributed by atoms with van der Waals surface area (Å²) in [5.74, 6) is -0.666. The number of piperazine rings is 1. The number of sulfonamides is 1. The number of nitrogens with one attached hydrogen (secondary N) is 1. The van der Waals surface area contributed by atoms with E-state index in [1.165, 1.54) is 28.6 Å². The first kappa shape index (κ1) is 24.4. The number of hydrogen-bond donors (Lipinski definition) is 1. The Morgan fingerprint density at radius 3 is 2.21 bits per heavy atom. The third-order valence-corrected chi connectivity index (χ3v) is 7.58. The third-order valence-electron chi connectivity index (χ3n) is 5.67. The molecule has 0 aliphatic carbocycles. The van der Waals surface area contributed by atoms with Gasteiger partial charge in [0, 0.05) is 31.7 Å². The predicted octanol–water partition coefficient (Wildman–Crippen LogP) is 2.15. The maximum atomic E-state index is 13.2. The Labute approximate surface area is 194 Å². The summed E-state index contributed by atoms with van der Waals surface area (Å²) in [4.78, 5) is 27.6. The lowest BCUT2D eigenvalue weighted by atomic mass is 10.0. The molecule has 0 unspecified atom stereocenters. The maximum Gasteiger partial charge on any atom is 0.251 e. The highest BCUT2D eigenvalue weighted by Crippen LogP contribution is 2.19. The minimum absolute atomic E-state index is 0.117. The molecule has 0 aromatic heterocycles. The molecule has 2 aromatic rings. The van der Waals surface area contributed by atoms with Gasteiger partial charge in [0.05, 0.1) is 16.5 Å². The largest absolute Gasteiger partial charge is 0.340 e. The lowest BCUT2D eigenvalue weighted by Gasteiger charge is -2.36. The highest BCUT2D eigenvalue weighted by Gasteiger charge is 2.34. The van der Waals surface area contributed by atoms with Gasteiger partial charge in [-0.25, -0.2) is 8.42 Å². The van der Waals surface area contributed by atoms with E-state index in [1.54, 1.807) is 23.1 Å². The number of carbonyl (C=O) groups is 2. The van der Waals surface area contributed by atoms with Crippen LogP contribution in [0.2, 0.25) is 0 Å². The van der Waals surface area contributed by atoms with Crippen LogP contribution in [0, 0.1) is 24.2 Å². The normalized spacial score (nSPS) is 15.7. The SMILES string of the molecule is Cc1cccc(C(=O)N[C@H](C(=O)N2CCN(S(=O)(=O)c3ccc(C#N)cc3)CC2)C(C)C)c1. The Hall–Kier alpha value is -3.22. The number of benzene rings is 2. The molecule has 1 saturated heterocycles. The van der Waals surface area contributed by atoms with Crippen LogP contribution in [0.5, 0.6) is 0 Å². The first-order valence-electron chi connectivity index (χ1n) is 10.8. The van der Waals surface area contributed by atoms with Gasteiger partial charge in [-0.2, -0.15) is 9.57 Å². The van der Waals surface area contributed by atoms with Gasteiger partial charge in [0.1, 0.15) is 6.04 Å². The lowest BCUT2D eigenvalue weighted by molar-refractivity contribution is -0.135. The molecule has 1 atom stereocenters. The highest BCUT2D eigenvalue weighted by atomic mass is 32.2. The number of nitrogens with zero attached hydrogens (tertiary/aromatic N) is 3. The van der Waals surface area contributed by atoms with Crippen LogP contribution in [0.15, 0.2) is 53.4 Å². The van der Waals surface area contributed by atoms with Crippen molar-refractivity contribution in [2.75, 3.05) is 26.2 Å². The lowest BCUT2D eigenvalue weighted by Crippen LogP contribution is -2.57. The quantitative estimate of drug-likeness (QED) is 0.698. The summed E-state index contributed by atoms with van der Waals surface area (Å²) in [6, 6.07) is 14.2. The Bertz CT molecular complexity index is 1160. The van der Waals surface area contributed by atoms with Gasteiger partial charge in [0.25, 0.3) is 5.91 Å². The zero-order chi connectivity index (χ0) is 24.2. The molecular weight excluding hydrogens is 440 g/mol. The molecule has 0 radical (unpaired) electrons. The number of amides is 2. The van der Waals surface area contributed by atoms with Crippen LogP contribution in [0.25, 0.3) is 0 Å². The van der Waals surface area contributed by atoms with E-state index >= 15 is 0 Å². The molecule has 1 aliphatic heterocycles. The van der Waals surface area contributed by atoms with Crippen molar-refractivity contribution in [3.8, 4) is 6.07 Å². The number of carbonyl (C=O) groups excluding carboxylic acids is 2. The van der Waals surface area contributed by atoms with Crippen LogP contribution in [0.1, 0.15) is 35.3 Å². The van der Waals surface area contributed by atoms with Crippen LogP contribution < -0.4 is 5.32 Å². The summed E-state index contributed by atoms with van der Waals surface area (Å²) in [6.45, 7) is 6.41. The molecule has 0 spiro atoms. The zero-order valence-corrected chi connectivity index (χ0v) is 19.8. The fraction of sp³-hybridized carbons (Fsp3) is 0.375. The van der Waals surface area contributed by atoms with Crippen LogP contribution >= 0.6 is 0 Å². The van der Waals surface area contributed by atoms with Crippen molar-refractivity contribution in [3.05, 3.63) is 65.2 Å². The van der Waals surface area contributed by atoms with Gasteiger partial charge >= 0.3 is 0 Å². The molecular formula is C24H28N4O4S. The summed E-state index contributed by atoms with van der Waals surface area (Å²) >= 11 is 0. The van der Waals surface area contributed by atoms with E-state index in [0.29, 0.717) is 11.1 Å². The van der Waals surface area contributed by atoms with E-state index in [4.69, 9.17) is 5.26 Å². The molecule has 1 fully saturated rings. The topological polar surface area (TPSA) is 111 Å². The van der Waals surface area contributed by atoms with E-state index in [9.17, 15) is 18.0 Å². The van der Waals surface area contributed by atoms with Gasteiger partial charge in [0.2, 0.25) is 15.9 Å². The second-order valence-electron chi connectivity index (χ2n) is 8.43. The molecule has 2 amide bonds. The molecule has 0 saturated carbocycles. The van der Waals surface area contributed by atoms with Gasteiger partial charge in [-0.05, 0) is 49.2 Å². The predicted molar refractivity (Wildman–Crippen MR) is 124 cm³/mol. The first-order chi connectivity index (χ1) is 15.6. The monoisotopic (exact) mass is 468 g/mol. The number of rotatable bonds is 6. The van der Waals surface area contributed by atoms with Gasteiger partial charge in [0.15, 0.2) is 0 Å². The van der Waals surface area contributed by atoms with Crippen LogP contribution in [0.3, 0.4) is 0 Å². The van der Waals surface area contributed by atoms with E-state index < -0.39 is 16.1 Å². The summed E-state index contributed by atoms with van der Waals surface area (Å²) in [7, 11) is -3.72. The minimum atomic E-state index is -3.72. The molecule has 3 rings (SSSR count). The highest BCUT2D eigenvalue weighted by molar-refractivity contribution is 7.89. The van der Waals surface area contributed by atoms with Crippen molar-refractivity contribution < 1.29 is 18.0 Å². The summed E-state index contributed by atoms with van der Waals surface area (Å²) in [6.07, 6.45) is 0. The average Bonchev–Trinajstić information content (AvgIpc) is 2.81. The number of aryl methyl sites for hydroxylation is 1. The minimum Gasteiger partial charge on any atom is -0.340 e. The molecule has 0 bridgehead atoms. The molecule has 2 aromatic carbocycles. The molecule has 1 heterocycles. The van der Waals surface area contributed by atoms with Gasteiger partial charge in [-0.1, -0.05) is 31.5 Å². The Balaban J connectivity index is 1.66. The standard InChI is InChI=1S/C24H28N4O4S/c1-17(2)22(26-23(29)20-6-4-5-18(3)15-20)24(30)27-11-13-28(14-12-27)33(31,32)21-9-7-19(16-25)8-10-21/h4-10,15,17,22H,11-14H2,1-3H3,(H,26,29)/t22-/m0/s1. The molecule has 8 nitrogen and oxygen atoms in total. The van der Waals surface area contributed by atoms with E-state index in [2.05, 4.69) is 5.32 Å². The van der Waals surface area contributed by atoms with Gasteiger partial charge < -0.3 is 10.2 Å². The zero-order valence-electron chi connectivity index (χ0n) is 19.0. The Morgan fingerprint density at radius 1 is 1.03 bits per heavy atom. The average molecular weight is 469 g/mol. The summed E-state index contributed by atoms with van der Waals surface area (Å²) in [5.41, 5.74) is 1.83. The van der Waals surface area contributed by atoms with Crippen LogP contribution in [-0.4, -0.2) is 61.7 Å². The number of hydrogen-bond acceptors (Lipinski definition) is 5. The van der Waals surface area contributed by atoms with Crippen molar-refractivity contribution in [2.24, 2.45) is 5.92 Å². The Kier molecular flexibility index (Phi) is 7.51. The molecule has 174 valence electrons. The molecule has 1 aliphatic rings. The Morgan fingerprint density at radius 2 is 1.67 bits per heavy atom. The molecule has 9 heteroatoms. The van der Waals surface area contributed by atoms with Crippen LogP contribution in [0.4, 0.5) is 0 Å². The van der Waals surface area contributed by atoms with Crippen molar-refractivity contribution >= 4 is 21.8 Å². The second kappa shape index (κ2) is 10.1. The number of nitriles is 1. The fourth-order valence-electron chi connectivity index (χ4n) is 3.72. The summed E-state index contributed by atoms with van der Waals surface area (Å²) < 4.78 is 27.2. The van der Waals surface area contributed by atoms with Crippen molar-refractivity contribution in [1.29, 1.82) is 5.26 Å². The van der Waals surface area contributed by atoms with Crippen molar-refractivity contribution in [1.82, 2.24) is 14.5 Å². The summed E-state index contributed by atoms with van der Waals surface area (Å²) in [5, 5.41) is 11.7. The molecule has 33 heavy (non-hydrogen) atoms. The molecule has 1 N–H and O–H groups in total. The van der Waals surface area contributed by atoms with E-state index in [0.717, 1.165) is 5.56 Å². The van der Waals surface area contributed by atoms with Crippen LogP contribution in [-0.2, 0) is 14.8 Å². The fourth-order valence-corrected chi connectivity index (χ4v) is 5.14. The second-order valence-corrected chi connectivity index (χ2v) is 10.4. The first-order valence-corrected chi connectivity index (χ1v) is 12.2.